The predicted molar refractivity (Wildman–Crippen MR) is 79.5 cm³/mol. The molecular weight excluding hydrogens is 274 g/mol. The lowest BCUT2D eigenvalue weighted by atomic mass is 9.98. The Labute approximate surface area is 123 Å². The van der Waals surface area contributed by atoms with Crippen LogP contribution < -0.4 is 9.64 Å². The molecule has 2 heterocycles. The van der Waals surface area contributed by atoms with Gasteiger partial charge in [-0.3, -0.25) is 0 Å². The van der Waals surface area contributed by atoms with Gasteiger partial charge in [0.15, 0.2) is 5.82 Å². The van der Waals surface area contributed by atoms with Crippen molar-refractivity contribution < 1.29 is 4.74 Å². The van der Waals surface area contributed by atoms with Crippen LogP contribution in [0.2, 0.25) is 5.02 Å². The first-order valence-electron chi connectivity index (χ1n) is 6.57. The summed E-state index contributed by atoms with van der Waals surface area (Å²) >= 11 is 6.22. The van der Waals surface area contributed by atoms with E-state index in [1.165, 1.54) is 16.7 Å². The summed E-state index contributed by atoms with van der Waals surface area (Å²) in [6, 6.07) is 6.93. The number of hydrogen-bond donors (Lipinski definition) is 0. The van der Waals surface area contributed by atoms with Crippen molar-refractivity contribution in [3.8, 4) is 6.01 Å². The first kappa shape index (κ1) is 13.2. The maximum Gasteiger partial charge on any atom is 0.318 e. The minimum Gasteiger partial charge on any atom is -0.467 e. The standard InChI is InChI=1S/C15H16ClN3O/c1-10-3-4-12-9-19(6-5-11(12)7-10)14-13(16)8-17-15(18-14)20-2/h3-4,7-8H,5-6,9H2,1-2H3. The number of aromatic nitrogens is 2. The minimum absolute atomic E-state index is 0.346. The fraction of sp³-hybridized carbons (Fsp3) is 0.333. The van der Waals surface area contributed by atoms with Gasteiger partial charge in [-0.15, -0.1) is 0 Å². The van der Waals surface area contributed by atoms with Gasteiger partial charge in [0.05, 0.1) is 13.3 Å². The zero-order valence-corrected chi connectivity index (χ0v) is 12.3. The molecule has 5 heteroatoms. The normalized spacial score (nSPS) is 14.1. The summed E-state index contributed by atoms with van der Waals surface area (Å²) in [5, 5.41) is 0.557. The van der Waals surface area contributed by atoms with Gasteiger partial charge in [0.2, 0.25) is 0 Å². The van der Waals surface area contributed by atoms with Crippen molar-refractivity contribution in [3.63, 3.8) is 0 Å². The number of rotatable bonds is 2. The van der Waals surface area contributed by atoms with E-state index in [9.17, 15) is 0 Å². The number of hydrogen-bond acceptors (Lipinski definition) is 4. The summed E-state index contributed by atoms with van der Waals surface area (Å²) in [7, 11) is 1.56. The molecule has 0 bridgehead atoms. The van der Waals surface area contributed by atoms with Crippen LogP contribution >= 0.6 is 11.6 Å². The number of anilines is 1. The molecule has 4 nitrogen and oxygen atoms in total. The molecule has 0 fully saturated rings. The molecule has 0 spiro atoms. The molecule has 0 atom stereocenters. The number of halogens is 1. The Morgan fingerprint density at radius 1 is 1.30 bits per heavy atom. The summed E-state index contributed by atoms with van der Waals surface area (Å²) in [5.74, 6) is 0.741. The van der Waals surface area contributed by atoms with Gasteiger partial charge in [0, 0.05) is 13.1 Å². The molecule has 0 unspecified atom stereocenters. The van der Waals surface area contributed by atoms with Gasteiger partial charge in [0.25, 0.3) is 0 Å². The third kappa shape index (κ3) is 2.43. The second-order valence-corrected chi connectivity index (χ2v) is 5.38. The van der Waals surface area contributed by atoms with E-state index in [4.69, 9.17) is 16.3 Å². The zero-order valence-electron chi connectivity index (χ0n) is 11.6. The molecule has 0 saturated carbocycles. The summed E-state index contributed by atoms with van der Waals surface area (Å²) in [4.78, 5) is 10.6. The molecule has 20 heavy (non-hydrogen) atoms. The molecule has 1 aromatic carbocycles. The maximum atomic E-state index is 6.22. The van der Waals surface area contributed by atoms with Crippen LogP contribution in [0.25, 0.3) is 0 Å². The van der Waals surface area contributed by atoms with Gasteiger partial charge < -0.3 is 9.64 Å². The van der Waals surface area contributed by atoms with Crippen LogP contribution in [0, 0.1) is 6.92 Å². The summed E-state index contributed by atoms with van der Waals surface area (Å²) < 4.78 is 5.08. The van der Waals surface area contributed by atoms with E-state index in [0.29, 0.717) is 11.0 Å². The molecule has 1 aliphatic heterocycles. The molecule has 1 aliphatic rings. The van der Waals surface area contributed by atoms with Crippen LogP contribution in [0.1, 0.15) is 16.7 Å². The monoisotopic (exact) mass is 289 g/mol. The quantitative estimate of drug-likeness (QED) is 0.852. The van der Waals surface area contributed by atoms with E-state index in [0.717, 1.165) is 25.3 Å². The average Bonchev–Trinajstić information content (AvgIpc) is 2.47. The van der Waals surface area contributed by atoms with E-state index in [2.05, 4.69) is 40.0 Å². The molecule has 0 saturated heterocycles. The number of benzene rings is 1. The molecule has 3 rings (SSSR count). The number of fused-ring (bicyclic) bond motifs is 1. The average molecular weight is 290 g/mol. The van der Waals surface area contributed by atoms with E-state index >= 15 is 0 Å². The first-order valence-corrected chi connectivity index (χ1v) is 6.95. The Hall–Kier alpha value is -1.81. The molecule has 0 radical (unpaired) electrons. The van der Waals surface area contributed by atoms with Crippen LogP contribution in [-0.2, 0) is 13.0 Å². The summed E-state index contributed by atoms with van der Waals surface area (Å²) in [6.45, 7) is 3.84. The molecule has 0 amide bonds. The fourth-order valence-corrected chi connectivity index (χ4v) is 2.74. The van der Waals surface area contributed by atoms with Gasteiger partial charge in [-0.1, -0.05) is 35.4 Å². The smallest absolute Gasteiger partial charge is 0.318 e. The van der Waals surface area contributed by atoms with Crippen molar-refractivity contribution in [2.75, 3.05) is 18.6 Å². The van der Waals surface area contributed by atoms with Gasteiger partial charge in [0.1, 0.15) is 5.02 Å². The largest absolute Gasteiger partial charge is 0.467 e. The Balaban J connectivity index is 1.92. The van der Waals surface area contributed by atoms with Crippen LogP contribution in [0.4, 0.5) is 5.82 Å². The van der Waals surface area contributed by atoms with Gasteiger partial charge >= 0.3 is 6.01 Å². The fourth-order valence-electron chi connectivity index (χ4n) is 2.53. The zero-order chi connectivity index (χ0) is 14.1. The van der Waals surface area contributed by atoms with E-state index in [1.54, 1.807) is 13.3 Å². The molecular formula is C15H16ClN3O. The van der Waals surface area contributed by atoms with Crippen molar-refractivity contribution in [1.82, 2.24) is 9.97 Å². The van der Waals surface area contributed by atoms with Crippen molar-refractivity contribution in [1.29, 1.82) is 0 Å². The molecule has 104 valence electrons. The number of aryl methyl sites for hydroxylation is 1. The van der Waals surface area contributed by atoms with Gasteiger partial charge in [-0.2, -0.15) is 4.98 Å². The Kier molecular flexibility index (Phi) is 3.49. The summed E-state index contributed by atoms with van der Waals surface area (Å²) in [6.07, 6.45) is 2.59. The number of ether oxygens (including phenoxy) is 1. The Morgan fingerprint density at radius 2 is 2.15 bits per heavy atom. The second-order valence-electron chi connectivity index (χ2n) is 4.97. The first-order chi connectivity index (χ1) is 9.67. The van der Waals surface area contributed by atoms with Crippen molar-refractivity contribution >= 4 is 17.4 Å². The highest BCUT2D eigenvalue weighted by atomic mass is 35.5. The van der Waals surface area contributed by atoms with Crippen LogP contribution in [-0.4, -0.2) is 23.6 Å². The lowest BCUT2D eigenvalue weighted by molar-refractivity contribution is 0.379. The van der Waals surface area contributed by atoms with E-state index < -0.39 is 0 Å². The second kappa shape index (κ2) is 5.29. The molecule has 2 aromatic rings. The van der Waals surface area contributed by atoms with Gasteiger partial charge in [-0.05, 0) is 24.5 Å². The summed E-state index contributed by atoms with van der Waals surface area (Å²) in [5.41, 5.74) is 4.05. The van der Waals surface area contributed by atoms with Crippen molar-refractivity contribution in [2.45, 2.75) is 19.9 Å². The molecule has 0 aliphatic carbocycles. The molecule has 1 aromatic heterocycles. The van der Waals surface area contributed by atoms with Crippen LogP contribution in [0.3, 0.4) is 0 Å². The highest BCUT2D eigenvalue weighted by molar-refractivity contribution is 6.32. The van der Waals surface area contributed by atoms with Crippen molar-refractivity contribution in [3.05, 3.63) is 46.1 Å². The third-order valence-electron chi connectivity index (χ3n) is 3.56. The maximum absolute atomic E-state index is 6.22. The minimum atomic E-state index is 0.346. The van der Waals surface area contributed by atoms with E-state index in [1.807, 2.05) is 0 Å². The Morgan fingerprint density at radius 3 is 2.95 bits per heavy atom. The third-order valence-corrected chi connectivity index (χ3v) is 3.83. The van der Waals surface area contributed by atoms with E-state index in [-0.39, 0.29) is 0 Å². The predicted octanol–water partition coefficient (Wildman–Crippen LogP) is 3.01. The highest BCUT2D eigenvalue weighted by Crippen LogP contribution is 2.29. The van der Waals surface area contributed by atoms with Crippen LogP contribution in [0.15, 0.2) is 24.4 Å². The topological polar surface area (TPSA) is 38.2 Å². The van der Waals surface area contributed by atoms with Crippen LogP contribution in [0.5, 0.6) is 6.01 Å². The van der Waals surface area contributed by atoms with Crippen molar-refractivity contribution in [2.24, 2.45) is 0 Å². The SMILES string of the molecule is COc1ncc(Cl)c(N2CCc3cc(C)ccc3C2)n1. The van der Waals surface area contributed by atoms with Gasteiger partial charge in [-0.25, -0.2) is 4.98 Å². The lowest BCUT2D eigenvalue weighted by Crippen LogP contribution is -2.31. The number of methoxy groups -OCH3 is 1. The number of nitrogens with zero attached hydrogens (tertiary/aromatic N) is 3. The molecule has 0 N–H and O–H groups in total. The Bertz CT molecular complexity index is 645. The lowest BCUT2D eigenvalue weighted by Gasteiger charge is -2.30. The highest BCUT2D eigenvalue weighted by Gasteiger charge is 2.20.